The van der Waals surface area contributed by atoms with Crippen LogP contribution in [-0.2, 0) is 25.7 Å². The summed E-state index contributed by atoms with van der Waals surface area (Å²) in [6.45, 7) is 6.17. The molecular weight excluding hydrogens is 887 g/mol. The highest BCUT2D eigenvalue weighted by atomic mass is 19.1. The van der Waals surface area contributed by atoms with Crippen LogP contribution in [0.3, 0.4) is 0 Å². The summed E-state index contributed by atoms with van der Waals surface area (Å²) in [4.78, 5) is 91.1. The van der Waals surface area contributed by atoms with Crippen LogP contribution < -0.4 is 36.4 Å². The number of carbonyl (C=O) groups is 6. The minimum atomic E-state index is -0.613. The molecule has 4 aliphatic heterocycles. The van der Waals surface area contributed by atoms with Gasteiger partial charge >= 0.3 is 0 Å². The molecule has 3 aromatic rings. The summed E-state index contributed by atoms with van der Waals surface area (Å²) < 4.78 is 31.6. The first-order chi connectivity index (χ1) is 33.2. The molecule has 5 heterocycles. The number of likely N-dealkylation sites (tertiary alicyclic amines) is 1. The Hall–Kier alpha value is -6.30. The third kappa shape index (κ3) is 11.6. The van der Waals surface area contributed by atoms with Crippen molar-refractivity contribution in [2.45, 2.75) is 102 Å². The summed E-state index contributed by atoms with van der Waals surface area (Å²) in [6, 6.07) is 9.55. The Morgan fingerprint density at radius 3 is 2.35 bits per heavy atom. The zero-order valence-electron chi connectivity index (χ0n) is 39.7. The zero-order valence-corrected chi connectivity index (χ0v) is 39.7. The van der Waals surface area contributed by atoms with Crippen LogP contribution in [0.25, 0.3) is 0 Å². The van der Waals surface area contributed by atoms with Gasteiger partial charge in [-0.25, -0.2) is 18.7 Å². The van der Waals surface area contributed by atoms with Gasteiger partial charge < -0.3 is 31.1 Å². The first kappa shape index (κ1) is 49.1. The molecule has 1 spiro atoms. The lowest BCUT2D eigenvalue weighted by molar-refractivity contribution is -0.135. The average Bonchev–Trinajstić information content (AvgIpc) is 3.33. The van der Waals surface area contributed by atoms with E-state index >= 15 is 8.78 Å². The molecule has 16 nitrogen and oxygen atoms in total. The molecule has 0 bridgehead atoms. The molecule has 2 aromatic carbocycles. The van der Waals surface area contributed by atoms with E-state index in [-0.39, 0.29) is 66.5 Å². The number of anilines is 4. The predicted molar refractivity (Wildman–Crippen MR) is 258 cm³/mol. The van der Waals surface area contributed by atoms with E-state index in [1.165, 1.54) is 18.5 Å². The minimum absolute atomic E-state index is 0.0191. The second-order valence-electron chi connectivity index (χ2n) is 19.6. The number of halogens is 2. The number of Topliss-reactive ketones (excluding diaryl/α,β-unsaturated/α-hetero) is 2. The molecule has 8 rings (SSSR count). The number of piperidine rings is 3. The normalized spacial score (nSPS) is 21.0. The van der Waals surface area contributed by atoms with Gasteiger partial charge in [0, 0.05) is 99.1 Å². The zero-order chi connectivity index (χ0) is 48.7. The Balaban J connectivity index is 0.713. The van der Waals surface area contributed by atoms with Gasteiger partial charge in [0.2, 0.25) is 23.6 Å². The van der Waals surface area contributed by atoms with Gasteiger partial charge in [-0.3, -0.25) is 39.0 Å². The summed E-state index contributed by atoms with van der Waals surface area (Å²) >= 11 is 0. The van der Waals surface area contributed by atoms with Crippen molar-refractivity contribution in [3.8, 4) is 0 Å². The maximum atomic E-state index is 15.8. The smallest absolute Gasteiger partial charge is 0.240 e. The van der Waals surface area contributed by atoms with Crippen molar-refractivity contribution in [1.82, 2.24) is 30.8 Å². The van der Waals surface area contributed by atoms with Gasteiger partial charge in [0.05, 0.1) is 29.3 Å². The highest BCUT2D eigenvalue weighted by Gasteiger charge is 2.43. The minimum Gasteiger partial charge on any atom is -0.384 e. The molecule has 4 amide bonds. The number of benzene rings is 2. The number of amides is 4. The Kier molecular flexibility index (Phi) is 15.3. The molecule has 69 heavy (non-hydrogen) atoms. The van der Waals surface area contributed by atoms with E-state index in [4.69, 9.17) is 0 Å². The van der Waals surface area contributed by atoms with E-state index < -0.39 is 34.4 Å². The summed E-state index contributed by atoms with van der Waals surface area (Å²) in [5.41, 5.74) is 0.846. The second-order valence-corrected chi connectivity index (χ2v) is 19.6. The number of hydrogen-bond acceptors (Lipinski definition) is 13. The van der Waals surface area contributed by atoms with Crippen LogP contribution in [0.5, 0.6) is 0 Å². The van der Waals surface area contributed by atoms with Gasteiger partial charge in [-0.1, -0.05) is 50.8 Å². The molecule has 1 aromatic heterocycles. The first-order valence-electron chi connectivity index (χ1n) is 24.5. The lowest BCUT2D eigenvalue weighted by atomic mass is 9.79. The summed E-state index contributed by atoms with van der Waals surface area (Å²) in [7, 11) is 1.80. The van der Waals surface area contributed by atoms with Crippen molar-refractivity contribution in [2.24, 2.45) is 11.3 Å². The monoisotopic (exact) mass is 950 g/mol. The predicted octanol–water partition coefficient (Wildman–Crippen LogP) is 5.69. The number of allylic oxidation sites excluding steroid dienone is 1. The van der Waals surface area contributed by atoms with Gasteiger partial charge in [0.1, 0.15) is 29.6 Å². The molecule has 5 N–H and O–H groups in total. The van der Waals surface area contributed by atoms with E-state index in [0.29, 0.717) is 106 Å². The van der Waals surface area contributed by atoms with Gasteiger partial charge in [0.25, 0.3) is 0 Å². The topological polar surface area (TPSA) is 198 Å². The number of aromatic nitrogens is 2. The molecule has 1 aliphatic carbocycles. The molecule has 5 aliphatic rings. The van der Waals surface area contributed by atoms with Crippen LogP contribution in [0.4, 0.5) is 31.8 Å². The number of rotatable bonds is 17. The Labute approximate surface area is 401 Å². The highest BCUT2D eigenvalue weighted by molar-refractivity contribution is 6.24. The number of fused-ring (bicyclic) bond motifs is 1. The Bertz CT molecular complexity index is 2480. The molecule has 4 fully saturated rings. The molecule has 1 atom stereocenters. The molecule has 0 saturated carbocycles. The van der Waals surface area contributed by atoms with Gasteiger partial charge in [-0.15, -0.1) is 0 Å². The van der Waals surface area contributed by atoms with Crippen LogP contribution >= 0.6 is 0 Å². The standard InChI is InChI=1S/C51H64F2N10O6/c1-50(49(69)56-19-8-6-4-3-5-7-18-55-39-11-9-10-36-46(39)41(64)26-34(47(36)67)24-33-12-13-44(65)59-48(33)68)14-20-61(21-15-50)29-35-25-38(53)40(27-37(35)52)63-30-45(66)60-51(31-63)16-22-62(23-17-51)43-28-42(54-2)57-32-58-43/h9-11,24-25,27-28,32-33,55H,3-8,12-23,26,29-31H2,1-2H3,(H,56,69)(H,60,66)(H,54,57,58)(H,59,65,68)/b34-24+. The maximum absolute atomic E-state index is 15.8. The lowest BCUT2D eigenvalue weighted by Crippen LogP contribution is -2.66. The van der Waals surface area contributed by atoms with E-state index in [2.05, 4.69) is 46.4 Å². The number of nitrogens with one attached hydrogen (secondary N) is 5. The largest absolute Gasteiger partial charge is 0.384 e. The van der Waals surface area contributed by atoms with E-state index in [9.17, 15) is 28.8 Å². The third-order valence-corrected chi connectivity index (χ3v) is 14.7. The van der Waals surface area contributed by atoms with Gasteiger partial charge in [0.15, 0.2) is 11.6 Å². The number of nitrogens with zero attached hydrogens (tertiary/aromatic N) is 5. The molecule has 0 radical (unpaired) electrons. The summed E-state index contributed by atoms with van der Waals surface area (Å²) in [5, 5.41) is 15.0. The third-order valence-electron chi connectivity index (χ3n) is 14.7. The molecule has 1 unspecified atom stereocenters. The maximum Gasteiger partial charge on any atom is 0.240 e. The second kappa shape index (κ2) is 21.6. The molecular formula is C51H64F2N10O6. The van der Waals surface area contributed by atoms with Gasteiger partial charge in [-0.2, -0.15) is 0 Å². The van der Waals surface area contributed by atoms with Crippen LogP contribution in [0.15, 0.2) is 54.4 Å². The van der Waals surface area contributed by atoms with Crippen molar-refractivity contribution in [3.05, 3.63) is 82.7 Å². The average molecular weight is 951 g/mol. The van der Waals surface area contributed by atoms with Crippen LogP contribution in [0.1, 0.15) is 117 Å². The van der Waals surface area contributed by atoms with Crippen molar-refractivity contribution in [3.63, 3.8) is 0 Å². The van der Waals surface area contributed by atoms with Crippen LogP contribution in [-0.4, -0.2) is 115 Å². The first-order valence-corrected chi connectivity index (χ1v) is 24.5. The fourth-order valence-electron chi connectivity index (χ4n) is 10.4. The number of ketones is 2. The van der Waals surface area contributed by atoms with Gasteiger partial charge in [-0.05, 0) is 70.2 Å². The fourth-order valence-corrected chi connectivity index (χ4v) is 10.4. The number of hydrogen-bond donors (Lipinski definition) is 5. The van der Waals surface area contributed by atoms with Crippen molar-refractivity contribution in [1.29, 1.82) is 0 Å². The SMILES string of the molecule is CNc1cc(N2CCC3(CC2)CN(c2cc(F)c(CN4CCC(C)(C(=O)NCCCCCCCCNc5cccc6c5C(=O)C/C(=C\C5CCC(=O)NC5=O)C6=O)CC4)cc2F)CC(=O)N3)ncn1. The Morgan fingerprint density at radius 2 is 1.61 bits per heavy atom. The number of carbonyl (C=O) groups excluding carboxylic acids is 6. The fraction of sp³-hybridized carbons (Fsp3) is 0.529. The number of imide groups is 1. The van der Waals surface area contributed by atoms with E-state index in [0.717, 1.165) is 44.3 Å². The summed E-state index contributed by atoms with van der Waals surface area (Å²) in [5.74, 6) is -1.61. The summed E-state index contributed by atoms with van der Waals surface area (Å²) in [6.07, 6.45) is 11.7. The molecule has 4 saturated heterocycles. The quantitative estimate of drug-likeness (QED) is 0.0629. The van der Waals surface area contributed by atoms with E-state index in [1.54, 1.807) is 30.2 Å². The highest BCUT2D eigenvalue weighted by Crippen LogP contribution is 2.36. The number of unbranched alkanes of at least 4 members (excludes halogenated alkanes) is 5. The van der Waals surface area contributed by atoms with Crippen LogP contribution in [0, 0.1) is 23.0 Å². The van der Waals surface area contributed by atoms with E-state index in [1.807, 2.05) is 19.1 Å². The number of piperazine rings is 1. The molecule has 368 valence electrons. The van der Waals surface area contributed by atoms with Crippen molar-refractivity contribution >= 4 is 58.2 Å². The van der Waals surface area contributed by atoms with Crippen LogP contribution in [0.2, 0.25) is 0 Å². The van der Waals surface area contributed by atoms with Crippen molar-refractivity contribution < 1.29 is 37.5 Å². The lowest BCUT2D eigenvalue weighted by Gasteiger charge is -2.48. The van der Waals surface area contributed by atoms with Crippen molar-refractivity contribution in [2.75, 3.05) is 79.8 Å². The Morgan fingerprint density at radius 1 is 0.870 bits per heavy atom. The molecule has 18 heteroatoms.